The maximum Gasteiger partial charge on any atom is 0.251 e. The number of anilines is 2. The number of benzene rings is 1. The van der Waals surface area contributed by atoms with Crippen molar-refractivity contribution < 1.29 is 19.5 Å². The lowest BCUT2D eigenvalue weighted by Crippen LogP contribution is -2.47. The van der Waals surface area contributed by atoms with Crippen molar-refractivity contribution in [3.8, 4) is 5.75 Å². The molecule has 0 saturated carbocycles. The number of aromatic hydroxyl groups is 1. The van der Waals surface area contributed by atoms with Crippen molar-refractivity contribution in [2.75, 3.05) is 23.7 Å². The molecule has 2 heterocycles. The normalized spacial score (nSPS) is 17.5. The van der Waals surface area contributed by atoms with E-state index in [1.165, 1.54) is 17.4 Å². The summed E-state index contributed by atoms with van der Waals surface area (Å²) in [6.45, 7) is 3.05. The lowest BCUT2D eigenvalue weighted by molar-refractivity contribution is -0.123. The summed E-state index contributed by atoms with van der Waals surface area (Å²) >= 11 is 1.45. The van der Waals surface area contributed by atoms with Gasteiger partial charge in [0.15, 0.2) is 0 Å². The summed E-state index contributed by atoms with van der Waals surface area (Å²) in [7, 11) is 0. The topological polar surface area (TPSA) is 125 Å². The summed E-state index contributed by atoms with van der Waals surface area (Å²) in [5.41, 5.74) is 7.44. The van der Waals surface area contributed by atoms with Gasteiger partial charge in [0, 0.05) is 10.8 Å². The number of aryl methyl sites for hydroxylation is 1. The summed E-state index contributed by atoms with van der Waals surface area (Å²) in [5, 5.41) is 16.1. The maximum atomic E-state index is 12.9. The zero-order valence-electron chi connectivity index (χ0n) is 18.0. The highest BCUT2D eigenvalue weighted by atomic mass is 32.1. The van der Waals surface area contributed by atoms with Crippen LogP contribution in [0.1, 0.15) is 47.0 Å². The van der Waals surface area contributed by atoms with Crippen LogP contribution in [0.2, 0.25) is 0 Å². The third-order valence-electron chi connectivity index (χ3n) is 6.39. The lowest BCUT2D eigenvalue weighted by atomic mass is 9.94. The molecule has 0 bridgehead atoms. The highest BCUT2D eigenvalue weighted by Gasteiger charge is 2.32. The number of thiophene rings is 1. The molecule has 5 N–H and O–H groups in total. The molecule has 0 radical (unpaired) electrons. The van der Waals surface area contributed by atoms with Crippen molar-refractivity contribution >= 4 is 39.7 Å². The SMILES string of the molecule is C[C@@H](C(=O)Nc1sc2c(c1C(N)=O)CCC2)N1CCC(C(=O)Nc2ccccc2O)CC1. The largest absolute Gasteiger partial charge is 0.506 e. The second-order valence-electron chi connectivity index (χ2n) is 8.41. The summed E-state index contributed by atoms with van der Waals surface area (Å²) in [5.74, 6) is -0.933. The third-order valence-corrected chi connectivity index (χ3v) is 7.60. The van der Waals surface area contributed by atoms with E-state index in [0.717, 1.165) is 29.7 Å². The lowest BCUT2D eigenvalue weighted by Gasteiger charge is -2.34. The Bertz CT molecular complexity index is 1040. The number of para-hydroxylation sites is 2. The van der Waals surface area contributed by atoms with E-state index in [0.29, 0.717) is 42.2 Å². The number of carbonyl (C=O) groups is 3. The summed E-state index contributed by atoms with van der Waals surface area (Å²) in [4.78, 5) is 40.6. The van der Waals surface area contributed by atoms with Crippen molar-refractivity contribution in [1.29, 1.82) is 0 Å². The van der Waals surface area contributed by atoms with Gasteiger partial charge in [-0.15, -0.1) is 11.3 Å². The third kappa shape index (κ3) is 4.49. The van der Waals surface area contributed by atoms with Gasteiger partial charge in [-0.2, -0.15) is 0 Å². The van der Waals surface area contributed by atoms with Gasteiger partial charge in [-0.25, -0.2) is 0 Å². The molecule has 1 aliphatic heterocycles. The van der Waals surface area contributed by atoms with Gasteiger partial charge in [0.1, 0.15) is 10.8 Å². The van der Waals surface area contributed by atoms with Crippen molar-refractivity contribution in [1.82, 2.24) is 4.90 Å². The second-order valence-corrected chi connectivity index (χ2v) is 9.51. The fourth-order valence-electron chi connectivity index (χ4n) is 4.50. The minimum absolute atomic E-state index is 0.0402. The van der Waals surface area contributed by atoms with Crippen LogP contribution in [0.25, 0.3) is 0 Å². The molecule has 1 fully saturated rings. The number of nitrogens with zero attached hydrogens (tertiary/aromatic N) is 1. The van der Waals surface area contributed by atoms with Crippen LogP contribution < -0.4 is 16.4 Å². The van der Waals surface area contributed by atoms with Gasteiger partial charge in [-0.3, -0.25) is 19.3 Å². The molecular formula is C23H28N4O4S. The number of likely N-dealkylation sites (tertiary alicyclic amines) is 1. The summed E-state index contributed by atoms with van der Waals surface area (Å²) in [6.07, 6.45) is 4.00. The number of hydrogen-bond donors (Lipinski definition) is 4. The maximum absolute atomic E-state index is 12.9. The Labute approximate surface area is 190 Å². The number of nitrogens with one attached hydrogen (secondary N) is 2. The molecule has 1 atom stereocenters. The molecule has 2 aromatic rings. The van der Waals surface area contributed by atoms with Gasteiger partial charge in [-0.05, 0) is 69.8 Å². The first-order valence-electron chi connectivity index (χ1n) is 10.9. The fourth-order valence-corrected chi connectivity index (χ4v) is 5.80. The molecular weight excluding hydrogens is 428 g/mol. The highest BCUT2D eigenvalue weighted by Crippen LogP contribution is 2.39. The van der Waals surface area contributed by atoms with Crippen LogP contribution in [0.4, 0.5) is 10.7 Å². The quantitative estimate of drug-likeness (QED) is 0.498. The highest BCUT2D eigenvalue weighted by molar-refractivity contribution is 7.17. The van der Waals surface area contributed by atoms with Gasteiger partial charge in [0.25, 0.3) is 5.91 Å². The number of phenolic OH excluding ortho intramolecular Hbond substituents is 1. The minimum Gasteiger partial charge on any atom is -0.506 e. The second kappa shape index (κ2) is 9.30. The number of nitrogens with two attached hydrogens (primary N) is 1. The zero-order chi connectivity index (χ0) is 22.8. The number of rotatable bonds is 6. The van der Waals surface area contributed by atoms with Gasteiger partial charge >= 0.3 is 0 Å². The number of phenols is 1. The van der Waals surface area contributed by atoms with Gasteiger partial charge < -0.3 is 21.5 Å². The number of hydrogen-bond acceptors (Lipinski definition) is 6. The van der Waals surface area contributed by atoms with Crippen LogP contribution in [0, 0.1) is 5.92 Å². The first-order valence-corrected chi connectivity index (χ1v) is 11.7. The zero-order valence-corrected chi connectivity index (χ0v) is 18.8. The van der Waals surface area contributed by atoms with Gasteiger partial charge in [0.05, 0.1) is 17.3 Å². The average molecular weight is 457 g/mol. The van der Waals surface area contributed by atoms with Crippen LogP contribution >= 0.6 is 11.3 Å². The van der Waals surface area contributed by atoms with E-state index in [9.17, 15) is 19.5 Å². The molecule has 1 aromatic carbocycles. The Kier molecular flexibility index (Phi) is 6.48. The van der Waals surface area contributed by atoms with Gasteiger partial charge in [0.2, 0.25) is 11.8 Å². The Hall–Kier alpha value is -2.91. The molecule has 0 spiro atoms. The Morgan fingerprint density at radius 1 is 1.16 bits per heavy atom. The van der Waals surface area contributed by atoms with Crippen molar-refractivity contribution in [3.05, 3.63) is 40.3 Å². The monoisotopic (exact) mass is 456 g/mol. The van der Waals surface area contributed by atoms with Gasteiger partial charge in [-0.1, -0.05) is 12.1 Å². The van der Waals surface area contributed by atoms with Crippen molar-refractivity contribution in [3.63, 3.8) is 0 Å². The first kappa shape index (κ1) is 22.3. The Morgan fingerprint density at radius 2 is 1.88 bits per heavy atom. The molecule has 9 heteroatoms. The molecule has 0 unspecified atom stereocenters. The molecule has 32 heavy (non-hydrogen) atoms. The molecule has 4 rings (SSSR count). The van der Waals surface area contributed by atoms with Crippen LogP contribution in [0.3, 0.4) is 0 Å². The van der Waals surface area contributed by atoms with E-state index in [1.807, 2.05) is 11.8 Å². The molecule has 8 nitrogen and oxygen atoms in total. The van der Waals surface area contributed by atoms with Crippen LogP contribution in [0.15, 0.2) is 24.3 Å². The first-order chi connectivity index (χ1) is 15.3. The number of carbonyl (C=O) groups excluding carboxylic acids is 3. The predicted octanol–water partition coefficient (Wildman–Crippen LogP) is 2.72. The fraction of sp³-hybridized carbons (Fsp3) is 0.435. The number of fused-ring (bicyclic) bond motifs is 1. The Morgan fingerprint density at radius 3 is 2.56 bits per heavy atom. The average Bonchev–Trinajstić information content (AvgIpc) is 3.35. The van der Waals surface area contributed by atoms with Crippen LogP contribution in [-0.2, 0) is 22.4 Å². The van der Waals surface area contributed by atoms with E-state index < -0.39 is 11.9 Å². The standard InChI is InChI=1S/C23H28N4O4S/c1-13(21(30)26-23-19(20(24)29)15-5-4-8-18(15)32-23)27-11-9-14(10-12-27)22(31)25-16-6-2-3-7-17(16)28/h2-3,6-7,13-14,28H,4-5,8-12H2,1H3,(H2,24,29)(H,25,31)(H,26,30)/t13-/m0/s1. The Balaban J connectivity index is 1.33. The summed E-state index contributed by atoms with van der Waals surface area (Å²) in [6, 6.07) is 6.26. The number of piperidine rings is 1. The summed E-state index contributed by atoms with van der Waals surface area (Å²) < 4.78 is 0. The smallest absolute Gasteiger partial charge is 0.251 e. The number of primary amides is 1. The molecule has 170 valence electrons. The number of amides is 3. The molecule has 2 aliphatic rings. The molecule has 1 saturated heterocycles. The van der Waals surface area contributed by atoms with E-state index in [-0.39, 0.29) is 23.5 Å². The van der Waals surface area contributed by atoms with Crippen molar-refractivity contribution in [2.24, 2.45) is 11.7 Å². The van der Waals surface area contributed by atoms with Crippen molar-refractivity contribution in [2.45, 2.75) is 45.1 Å². The van der Waals surface area contributed by atoms with E-state index in [2.05, 4.69) is 10.6 Å². The van der Waals surface area contributed by atoms with E-state index >= 15 is 0 Å². The van der Waals surface area contributed by atoms with Crippen LogP contribution in [0.5, 0.6) is 5.75 Å². The van der Waals surface area contributed by atoms with E-state index in [1.54, 1.807) is 18.2 Å². The molecule has 1 aromatic heterocycles. The predicted molar refractivity (Wildman–Crippen MR) is 124 cm³/mol. The minimum atomic E-state index is -0.497. The van der Waals surface area contributed by atoms with E-state index in [4.69, 9.17) is 5.73 Å². The molecule has 1 aliphatic carbocycles. The van der Waals surface area contributed by atoms with Crippen LogP contribution in [-0.4, -0.2) is 46.9 Å². The molecule has 3 amide bonds.